The van der Waals surface area contributed by atoms with E-state index in [1.807, 2.05) is 0 Å². The number of nitrogens with one attached hydrogen (secondary N) is 1. The van der Waals surface area contributed by atoms with Crippen LogP contribution in [0.3, 0.4) is 0 Å². The molecule has 0 aromatic carbocycles. The minimum absolute atomic E-state index is 0.702. The molecule has 0 unspecified atom stereocenters. The van der Waals surface area contributed by atoms with E-state index < -0.39 is 0 Å². The lowest BCUT2D eigenvalue weighted by molar-refractivity contribution is 0.530. The quantitative estimate of drug-likeness (QED) is 0.772. The number of aromatic amines is 1. The van der Waals surface area contributed by atoms with Crippen LogP contribution >= 0.6 is 0 Å². The zero-order chi connectivity index (χ0) is 12.0. The first kappa shape index (κ1) is 12.9. The molecule has 0 spiro atoms. The molecule has 0 atom stereocenters. The van der Waals surface area contributed by atoms with E-state index in [4.69, 9.17) is 0 Å². The van der Waals surface area contributed by atoms with Gasteiger partial charge in [-0.25, -0.2) is 0 Å². The van der Waals surface area contributed by atoms with Crippen molar-refractivity contribution in [2.45, 2.75) is 40.5 Å². The van der Waals surface area contributed by atoms with Crippen LogP contribution in [0, 0.1) is 11.8 Å². The Hall–Kier alpha value is -1.13. The van der Waals surface area contributed by atoms with Crippen molar-refractivity contribution in [2.75, 3.05) is 18.0 Å². The van der Waals surface area contributed by atoms with E-state index in [1.54, 1.807) is 0 Å². The van der Waals surface area contributed by atoms with Crippen molar-refractivity contribution in [3.8, 4) is 0 Å². The molecule has 5 nitrogen and oxygen atoms in total. The molecule has 0 saturated carbocycles. The van der Waals surface area contributed by atoms with E-state index in [-0.39, 0.29) is 0 Å². The Morgan fingerprint density at radius 3 is 2.00 bits per heavy atom. The first-order valence-corrected chi connectivity index (χ1v) is 6.08. The summed E-state index contributed by atoms with van der Waals surface area (Å²) in [6.45, 7) is 10.9. The molecule has 1 aromatic rings. The highest BCUT2D eigenvalue weighted by atomic mass is 15.5. The van der Waals surface area contributed by atoms with Crippen LogP contribution in [0.5, 0.6) is 0 Å². The van der Waals surface area contributed by atoms with E-state index in [1.165, 1.54) is 0 Å². The molecule has 1 heterocycles. The second-order valence-corrected chi connectivity index (χ2v) is 5.06. The Kier molecular flexibility index (Phi) is 5.22. The molecule has 0 aliphatic carbocycles. The fourth-order valence-corrected chi connectivity index (χ4v) is 1.43. The van der Waals surface area contributed by atoms with Gasteiger partial charge < -0.3 is 4.90 Å². The molecule has 0 radical (unpaired) electrons. The Balaban J connectivity index is 2.48. The topological polar surface area (TPSA) is 57.7 Å². The number of rotatable bonds is 7. The predicted molar refractivity (Wildman–Crippen MR) is 65.3 cm³/mol. The van der Waals surface area contributed by atoms with Crippen molar-refractivity contribution < 1.29 is 0 Å². The van der Waals surface area contributed by atoms with E-state index in [2.05, 4.69) is 53.2 Å². The Morgan fingerprint density at radius 2 is 1.62 bits per heavy atom. The van der Waals surface area contributed by atoms with Crippen LogP contribution in [0.4, 0.5) is 5.95 Å². The zero-order valence-electron chi connectivity index (χ0n) is 10.8. The van der Waals surface area contributed by atoms with E-state index >= 15 is 0 Å². The lowest BCUT2D eigenvalue weighted by atomic mass is 10.1. The molecule has 0 aliphatic heterocycles. The van der Waals surface area contributed by atoms with Crippen molar-refractivity contribution in [1.29, 1.82) is 0 Å². The third-order valence-corrected chi connectivity index (χ3v) is 2.57. The fraction of sp³-hybridized carbons (Fsp3) is 0.909. The van der Waals surface area contributed by atoms with Crippen LogP contribution in [-0.4, -0.2) is 33.7 Å². The van der Waals surface area contributed by atoms with Crippen molar-refractivity contribution >= 4 is 5.95 Å². The largest absolute Gasteiger partial charge is 0.338 e. The maximum Gasteiger partial charge on any atom is 0.265 e. The third-order valence-electron chi connectivity index (χ3n) is 2.57. The molecular formula is C11H23N5. The number of anilines is 1. The average molecular weight is 225 g/mol. The van der Waals surface area contributed by atoms with Crippen LogP contribution in [-0.2, 0) is 0 Å². The lowest BCUT2D eigenvalue weighted by Crippen LogP contribution is -2.28. The maximum absolute atomic E-state index is 4.05. The predicted octanol–water partition coefficient (Wildman–Crippen LogP) is 2.10. The molecule has 0 aliphatic rings. The van der Waals surface area contributed by atoms with Crippen LogP contribution in [0.15, 0.2) is 0 Å². The van der Waals surface area contributed by atoms with Gasteiger partial charge in [-0.2, -0.15) is 5.21 Å². The van der Waals surface area contributed by atoms with Gasteiger partial charge in [-0.15, -0.1) is 5.10 Å². The Labute approximate surface area is 97.6 Å². The van der Waals surface area contributed by atoms with Crippen LogP contribution in [0.1, 0.15) is 40.5 Å². The minimum Gasteiger partial charge on any atom is -0.338 e. The molecule has 1 rings (SSSR count). The summed E-state index contributed by atoms with van der Waals surface area (Å²) in [6, 6.07) is 0. The summed E-state index contributed by atoms with van der Waals surface area (Å²) in [5, 5.41) is 14.2. The number of tetrazole rings is 1. The maximum atomic E-state index is 4.05. The molecule has 0 fully saturated rings. The molecule has 0 amide bonds. The molecule has 0 bridgehead atoms. The van der Waals surface area contributed by atoms with Crippen molar-refractivity contribution in [2.24, 2.45) is 11.8 Å². The van der Waals surface area contributed by atoms with Gasteiger partial charge in [-0.3, -0.25) is 0 Å². The second-order valence-electron chi connectivity index (χ2n) is 5.06. The monoisotopic (exact) mass is 225 g/mol. The second kappa shape index (κ2) is 6.45. The number of hydrogen-bond acceptors (Lipinski definition) is 4. The fourth-order valence-electron chi connectivity index (χ4n) is 1.43. The summed E-state index contributed by atoms with van der Waals surface area (Å²) in [6.07, 6.45) is 2.32. The van der Waals surface area contributed by atoms with E-state index in [9.17, 15) is 0 Å². The Bertz CT molecular complexity index is 256. The van der Waals surface area contributed by atoms with Gasteiger partial charge in [0.2, 0.25) is 0 Å². The minimum atomic E-state index is 0.702. The highest BCUT2D eigenvalue weighted by Gasteiger charge is 2.11. The van der Waals surface area contributed by atoms with E-state index in [0.29, 0.717) is 11.8 Å². The van der Waals surface area contributed by atoms with Crippen LogP contribution in [0.2, 0.25) is 0 Å². The van der Waals surface area contributed by atoms with Gasteiger partial charge in [0, 0.05) is 13.1 Å². The number of H-pyrrole nitrogens is 1. The summed E-state index contributed by atoms with van der Waals surface area (Å²) >= 11 is 0. The number of nitrogens with zero attached hydrogens (tertiary/aromatic N) is 4. The summed E-state index contributed by atoms with van der Waals surface area (Å²) < 4.78 is 0. The van der Waals surface area contributed by atoms with Crippen LogP contribution in [0.25, 0.3) is 0 Å². The zero-order valence-corrected chi connectivity index (χ0v) is 10.8. The highest BCUT2D eigenvalue weighted by molar-refractivity contribution is 5.25. The summed E-state index contributed by atoms with van der Waals surface area (Å²) in [4.78, 5) is 2.21. The molecule has 1 N–H and O–H groups in total. The van der Waals surface area contributed by atoms with Gasteiger partial charge in [0.15, 0.2) is 0 Å². The Morgan fingerprint density at radius 1 is 1.06 bits per heavy atom. The third kappa shape index (κ3) is 4.59. The van der Waals surface area contributed by atoms with Crippen molar-refractivity contribution in [3.05, 3.63) is 0 Å². The number of aromatic nitrogens is 4. The normalized spacial score (nSPS) is 11.4. The van der Waals surface area contributed by atoms with Gasteiger partial charge in [-0.1, -0.05) is 32.8 Å². The standard InChI is InChI=1S/C11H23N5/c1-9(2)5-7-16(8-6-10(3)4)11-12-14-15-13-11/h9-10H,5-8H2,1-4H3,(H,12,13,14,15). The SMILES string of the molecule is CC(C)CCN(CCC(C)C)c1nn[nH]n1. The molecule has 16 heavy (non-hydrogen) atoms. The molecule has 1 aromatic heterocycles. The van der Waals surface area contributed by atoms with Gasteiger partial charge in [0.05, 0.1) is 0 Å². The number of hydrogen-bond donors (Lipinski definition) is 1. The molecule has 0 saturated heterocycles. The summed E-state index contributed by atoms with van der Waals surface area (Å²) in [5.41, 5.74) is 0. The highest BCUT2D eigenvalue weighted by Crippen LogP contribution is 2.11. The molecule has 5 heteroatoms. The van der Waals surface area contributed by atoms with Gasteiger partial charge in [0.1, 0.15) is 0 Å². The summed E-state index contributed by atoms with van der Waals surface area (Å²) in [5.74, 6) is 2.13. The van der Waals surface area contributed by atoms with Gasteiger partial charge in [0.25, 0.3) is 5.95 Å². The first-order valence-electron chi connectivity index (χ1n) is 6.08. The van der Waals surface area contributed by atoms with Gasteiger partial charge in [-0.05, 0) is 29.9 Å². The first-order chi connectivity index (χ1) is 7.59. The lowest BCUT2D eigenvalue weighted by Gasteiger charge is -2.22. The van der Waals surface area contributed by atoms with Gasteiger partial charge >= 0.3 is 0 Å². The molecular weight excluding hydrogens is 202 g/mol. The summed E-state index contributed by atoms with van der Waals surface area (Å²) in [7, 11) is 0. The van der Waals surface area contributed by atoms with Crippen molar-refractivity contribution in [1.82, 2.24) is 20.6 Å². The smallest absolute Gasteiger partial charge is 0.265 e. The average Bonchev–Trinajstić information content (AvgIpc) is 2.70. The molecule has 92 valence electrons. The van der Waals surface area contributed by atoms with Crippen LogP contribution < -0.4 is 4.90 Å². The van der Waals surface area contributed by atoms with E-state index in [0.717, 1.165) is 31.9 Å². The van der Waals surface area contributed by atoms with Crippen molar-refractivity contribution in [3.63, 3.8) is 0 Å².